The first kappa shape index (κ1) is 19.2. The molecule has 0 saturated heterocycles. The molecule has 0 aliphatic carbocycles. The number of nitrogens with one attached hydrogen (secondary N) is 4. The Morgan fingerprint density at radius 2 is 2.19 bits per heavy atom. The number of methoxy groups -OCH3 is 1. The Labute approximate surface area is 154 Å². The van der Waals surface area contributed by atoms with Crippen LogP contribution in [-0.4, -0.2) is 45.6 Å². The van der Waals surface area contributed by atoms with Crippen LogP contribution in [0.1, 0.15) is 12.5 Å². The molecule has 0 unspecified atom stereocenters. The first-order valence-electron chi connectivity index (χ1n) is 7.16. The van der Waals surface area contributed by atoms with Crippen LogP contribution in [0.15, 0.2) is 31.3 Å². The Balaban J connectivity index is 2.01. The summed E-state index contributed by atoms with van der Waals surface area (Å²) in [6.45, 7) is 1.48. The minimum atomic E-state index is -0.854. The number of halogens is 1. The van der Waals surface area contributed by atoms with E-state index in [-0.39, 0.29) is 17.3 Å². The summed E-state index contributed by atoms with van der Waals surface area (Å²) in [6.07, 6.45) is 1.35. The van der Waals surface area contributed by atoms with Crippen molar-refractivity contribution in [1.82, 2.24) is 20.6 Å². The van der Waals surface area contributed by atoms with E-state index in [0.29, 0.717) is 10.0 Å². The largest absolute Gasteiger partial charge is 0.503 e. The predicted molar refractivity (Wildman–Crippen MR) is 96.7 cm³/mol. The van der Waals surface area contributed by atoms with E-state index in [1.165, 1.54) is 26.3 Å². The number of benzene rings is 1. The molecule has 0 aliphatic rings. The van der Waals surface area contributed by atoms with E-state index in [0.717, 1.165) is 0 Å². The quantitative estimate of drug-likeness (QED) is 0.317. The summed E-state index contributed by atoms with van der Waals surface area (Å²) in [5.74, 6) is -0.558. The maximum absolute atomic E-state index is 12.0. The van der Waals surface area contributed by atoms with Gasteiger partial charge in [0.05, 0.1) is 17.8 Å². The van der Waals surface area contributed by atoms with Crippen LogP contribution in [0.5, 0.6) is 11.5 Å². The fraction of sp³-hybridized carbons (Fsp3) is 0.214. The van der Waals surface area contributed by atoms with E-state index >= 15 is 0 Å². The predicted octanol–water partition coefficient (Wildman–Crippen LogP) is -0.114. The second-order valence-electron chi connectivity index (χ2n) is 5.01. The second-order valence-corrected chi connectivity index (χ2v) is 5.86. The third-order valence-electron chi connectivity index (χ3n) is 3.12. The molecule has 2 rings (SSSR count). The van der Waals surface area contributed by atoms with Crippen LogP contribution in [0.25, 0.3) is 0 Å². The lowest BCUT2D eigenvalue weighted by Gasteiger charge is -2.11. The Morgan fingerprint density at radius 1 is 1.46 bits per heavy atom. The summed E-state index contributed by atoms with van der Waals surface area (Å²) < 4.78 is 5.42. The highest BCUT2D eigenvalue weighted by atomic mass is 79.9. The van der Waals surface area contributed by atoms with Gasteiger partial charge in [0.1, 0.15) is 6.04 Å². The van der Waals surface area contributed by atoms with E-state index < -0.39 is 23.2 Å². The average molecular weight is 427 g/mol. The van der Waals surface area contributed by atoms with Crippen molar-refractivity contribution in [2.24, 2.45) is 5.10 Å². The van der Waals surface area contributed by atoms with Gasteiger partial charge >= 0.3 is 5.69 Å². The van der Waals surface area contributed by atoms with Gasteiger partial charge in [-0.2, -0.15) is 5.10 Å². The molecule has 0 fully saturated rings. The van der Waals surface area contributed by atoms with Crippen LogP contribution in [0.4, 0.5) is 5.82 Å². The van der Waals surface area contributed by atoms with Crippen LogP contribution in [0.3, 0.4) is 0 Å². The summed E-state index contributed by atoms with van der Waals surface area (Å²) in [6, 6.07) is 2.26. The Kier molecular flexibility index (Phi) is 6.11. The topological polar surface area (TPSA) is 162 Å². The van der Waals surface area contributed by atoms with E-state index in [2.05, 4.69) is 36.9 Å². The van der Waals surface area contributed by atoms with Crippen molar-refractivity contribution in [3.8, 4) is 11.5 Å². The lowest BCUT2D eigenvalue weighted by Crippen LogP contribution is -2.38. The van der Waals surface area contributed by atoms with E-state index in [4.69, 9.17) is 4.74 Å². The van der Waals surface area contributed by atoms with Crippen molar-refractivity contribution in [3.05, 3.63) is 43.0 Å². The second kappa shape index (κ2) is 8.29. The number of H-pyrrole nitrogens is 2. The SMILES string of the molecule is COc1cc(/C=N\NC(=O)[C@@H](C)Nc2n[nH]c(=O)[nH]c2=O)cc(Br)c1O. The average Bonchev–Trinajstić information content (AvgIpc) is 2.60. The monoisotopic (exact) mass is 426 g/mol. The van der Waals surface area contributed by atoms with Gasteiger partial charge in [-0.25, -0.2) is 15.3 Å². The summed E-state index contributed by atoms with van der Waals surface area (Å²) in [4.78, 5) is 36.4. The number of anilines is 1. The minimum Gasteiger partial charge on any atom is -0.503 e. The normalized spacial score (nSPS) is 12.0. The third-order valence-corrected chi connectivity index (χ3v) is 3.72. The molecule has 11 nitrogen and oxygen atoms in total. The summed E-state index contributed by atoms with van der Waals surface area (Å²) in [7, 11) is 1.41. The van der Waals surface area contributed by atoms with Gasteiger partial charge in [0.2, 0.25) is 5.82 Å². The first-order chi connectivity index (χ1) is 12.3. The molecule has 1 atom stereocenters. The number of amides is 1. The molecule has 0 aliphatic heterocycles. The van der Waals surface area contributed by atoms with Crippen molar-refractivity contribution in [2.45, 2.75) is 13.0 Å². The number of carbonyl (C=O) groups excluding carboxylic acids is 1. The van der Waals surface area contributed by atoms with Gasteiger partial charge in [-0.15, -0.1) is 5.10 Å². The highest BCUT2D eigenvalue weighted by Crippen LogP contribution is 2.34. The van der Waals surface area contributed by atoms with Gasteiger partial charge in [-0.1, -0.05) is 0 Å². The number of ether oxygens (including phenoxy) is 1. The molecule has 1 aromatic carbocycles. The van der Waals surface area contributed by atoms with E-state index in [1.807, 2.05) is 10.1 Å². The van der Waals surface area contributed by atoms with Gasteiger partial charge < -0.3 is 15.2 Å². The zero-order valence-corrected chi connectivity index (χ0v) is 15.2. The van der Waals surface area contributed by atoms with Gasteiger partial charge in [-0.05, 0) is 40.5 Å². The molecule has 1 heterocycles. The van der Waals surface area contributed by atoms with Crippen LogP contribution in [0.2, 0.25) is 0 Å². The lowest BCUT2D eigenvalue weighted by molar-refractivity contribution is -0.121. The zero-order chi connectivity index (χ0) is 19.3. The molecule has 0 bridgehead atoms. The van der Waals surface area contributed by atoms with Gasteiger partial charge in [0.25, 0.3) is 11.5 Å². The van der Waals surface area contributed by atoms with Gasteiger partial charge in [0.15, 0.2) is 11.5 Å². The number of hydrogen-bond donors (Lipinski definition) is 5. The third kappa shape index (κ3) is 4.69. The molecule has 138 valence electrons. The van der Waals surface area contributed by atoms with Crippen molar-refractivity contribution in [2.75, 3.05) is 12.4 Å². The highest BCUT2D eigenvalue weighted by molar-refractivity contribution is 9.10. The molecule has 12 heteroatoms. The number of phenolic OH excluding ortho intramolecular Hbond substituents is 1. The fourth-order valence-corrected chi connectivity index (χ4v) is 2.27. The van der Waals surface area contributed by atoms with Crippen LogP contribution in [-0.2, 0) is 4.79 Å². The number of aromatic nitrogens is 3. The maximum atomic E-state index is 12.0. The van der Waals surface area contributed by atoms with Gasteiger partial charge in [0, 0.05) is 0 Å². The number of phenols is 1. The molecule has 1 aromatic heterocycles. The van der Waals surface area contributed by atoms with Crippen molar-refractivity contribution < 1.29 is 14.6 Å². The molecule has 0 radical (unpaired) electrons. The van der Waals surface area contributed by atoms with Crippen molar-refractivity contribution >= 4 is 33.9 Å². The first-order valence-corrected chi connectivity index (χ1v) is 7.96. The lowest BCUT2D eigenvalue weighted by atomic mass is 10.2. The number of aromatic amines is 2. The number of nitrogens with zero attached hydrogens (tertiary/aromatic N) is 2. The number of aromatic hydroxyl groups is 1. The molecule has 0 saturated carbocycles. The minimum absolute atomic E-state index is 0.0508. The number of rotatable bonds is 6. The summed E-state index contributed by atoms with van der Waals surface area (Å²) in [5, 5.41) is 21.6. The fourth-order valence-electron chi connectivity index (χ4n) is 1.81. The van der Waals surface area contributed by atoms with E-state index in [1.54, 1.807) is 6.07 Å². The van der Waals surface area contributed by atoms with Crippen LogP contribution >= 0.6 is 15.9 Å². The Hall–Kier alpha value is -3.15. The molecular weight excluding hydrogens is 412 g/mol. The summed E-state index contributed by atoms with van der Waals surface area (Å²) >= 11 is 3.18. The zero-order valence-electron chi connectivity index (χ0n) is 13.7. The van der Waals surface area contributed by atoms with Crippen molar-refractivity contribution in [3.63, 3.8) is 0 Å². The highest BCUT2D eigenvalue weighted by Gasteiger charge is 2.14. The van der Waals surface area contributed by atoms with Gasteiger partial charge in [-0.3, -0.25) is 14.6 Å². The number of hydrogen-bond acceptors (Lipinski definition) is 8. The Morgan fingerprint density at radius 3 is 2.85 bits per heavy atom. The molecule has 2 aromatic rings. The number of hydrazone groups is 1. The Bertz CT molecular complexity index is 954. The van der Waals surface area contributed by atoms with Crippen LogP contribution in [0, 0.1) is 0 Å². The molecular formula is C14H15BrN6O5. The maximum Gasteiger partial charge on any atom is 0.342 e. The van der Waals surface area contributed by atoms with Crippen LogP contribution < -0.4 is 26.7 Å². The molecule has 1 amide bonds. The smallest absolute Gasteiger partial charge is 0.342 e. The molecule has 0 spiro atoms. The number of carbonyl (C=O) groups is 1. The standard InChI is InChI=1S/C14H15BrN6O5/c1-6(17-11-13(24)18-14(25)21-19-11)12(23)20-16-5-7-3-8(15)10(22)9(4-7)26-2/h3-6,22H,1-2H3,(H,17,19)(H,20,23)(H2,18,21,24,25)/b16-5-/t6-/m1/s1. The molecule has 26 heavy (non-hydrogen) atoms. The van der Waals surface area contributed by atoms with Crippen molar-refractivity contribution in [1.29, 1.82) is 0 Å². The van der Waals surface area contributed by atoms with E-state index in [9.17, 15) is 19.5 Å². The summed E-state index contributed by atoms with van der Waals surface area (Å²) in [5.41, 5.74) is 1.35. The molecule has 5 N–H and O–H groups in total.